The van der Waals surface area contributed by atoms with Gasteiger partial charge in [0.15, 0.2) is 11.8 Å². The van der Waals surface area contributed by atoms with Crippen molar-refractivity contribution >= 4 is 17.6 Å². The maximum Gasteiger partial charge on any atom is 0.276 e. The highest BCUT2D eigenvalue weighted by Gasteiger charge is 2.28. The molecule has 3 heterocycles. The topological polar surface area (TPSA) is 102 Å². The van der Waals surface area contributed by atoms with E-state index in [1.54, 1.807) is 30.2 Å². The number of hydrogen-bond acceptors (Lipinski definition) is 6. The van der Waals surface area contributed by atoms with Gasteiger partial charge in [-0.15, -0.1) is 0 Å². The molecule has 0 bridgehead atoms. The predicted octanol–water partition coefficient (Wildman–Crippen LogP) is 2.98. The normalized spacial score (nSPS) is 15.6. The lowest BCUT2D eigenvalue weighted by Gasteiger charge is -2.32. The lowest BCUT2D eigenvalue weighted by molar-refractivity contribution is -0.126. The Balaban J connectivity index is 1.40. The monoisotopic (exact) mass is 423 g/mol. The summed E-state index contributed by atoms with van der Waals surface area (Å²) in [4.78, 5) is 27.2. The third-order valence-corrected chi connectivity index (χ3v) is 5.44. The van der Waals surface area contributed by atoms with Gasteiger partial charge < -0.3 is 19.5 Å². The lowest BCUT2D eigenvalue weighted by atomic mass is 10.0. The summed E-state index contributed by atoms with van der Waals surface area (Å²) in [5.41, 5.74) is 1.11. The molecule has 4 rings (SSSR count). The van der Waals surface area contributed by atoms with Gasteiger partial charge in [0.05, 0.1) is 12.2 Å². The van der Waals surface area contributed by atoms with Crippen LogP contribution in [0, 0.1) is 6.92 Å². The molecule has 0 aliphatic carbocycles. The fourth-order valence-corrected chi connectivity index (χ4v) is 3.86. The van der Waals surface area contributed by atoms with E-state index in [0.29, 0.717) is 30.4 Å². The number of likely N-dealkylation sites (tertiary alicyclic amines) is 1. The molecule has 1 aromatic carbocycles. The number of piperidine rings is 1. The average molecular weight is 423 g/mol. The summed E-state index contributed by atoms with van der Waals surface area (Å²) in [6.07, 6.45) is 2.39. The number of carbonyl (C=O) groups is 2. The Morgan fingerprint density at radius 2 is 1.94 bits per heavy atom. The van der Waals surface area contributed by atoms with Crippen LogP contribution in [0.25, 0.3) is 0 Å². The SMILES string of the molecule is COC(C(=O)Nc1ccnn1C1CCN(C(=O)c2cc(C)on2)CC1)c1ccccc1. The molecule has 0 radical (unpaired) electrons. The number of ether oxygens (including phenoxy) is 1. The molecule has 1 saturated heterocycles. The van der Waals surface area contributed by atoms with Crippen LogP contribution in [0.4, 0.5) is 5.82 Å². The molecule has 9 heteroatoms. The molecule has 1 N–H and O–H groups in total. The number of aromatic nitrogens is 3. The van der Waals surface area contributed by atoms with Gasteiger partial charge in [0, 0.05) is 32.3 Å². The zero-order chi connectivity index (χ0) is 21.8. The van der Waals surface area contributed by atoms with Gasteiger partial charge in [-0.1, -0.05) is 35.5 Å². The van der Waals surface area contributed by atoms with Crippen LogP contribution in [-0.4, -0.2) is 51.9 Å². The Kier molecular flexibility index (Phi) is 6.13. The number of nitrogens with one attached hydrogen (secondary N) is 1. The molecule has 9 nitrogen and oxygen atoms in total. The van der Waals surface area contributed by atoms with Crippen LogP contribution < -0.4 is 5.32 Å². The molecule has 0 spiro atoms. The minimum atomic E-state index is -0.713. The van der Waals surface area contributed by atoms with E-state index < -0.39 is 6.10 Å². The second-order valence-corrected chi connectivity index (χ2v) is 7.52. The van der Waals surface area contributed by atoms with Crippen LogP contribution in [0.5, 0.6) is 0 Å². The number of benzene rings is 1. The predicted molar refractivity (Wildman–Crippen MR) is 112 cm³/mol. The Morgan fingerprint density at radius 3 is 2.58 bits per heavy atom. The van der Waals surface area contributed by atoms with Crippen LogP contribution in [0.15, 0.2) is 53.2 Å². The van der Waals surface area contributed by atoms with E-state index >= 15 is 0 Å². The van der Waals surface area contributed by atoms with Crippen molar-refractivity contribution < 1.29 is 18.8 Å². The second-order valence-electron chi connectivity index (χ2n) is 7.52. The minimum Gasteiger partial charge on any atom is -0.367 e. The zero-order valence-corrected chi connectivity index (χ0v) is 17.5. The maximum absolute atomic E-state index is 12.8. The quantitative estimate of drug-likeness (QED) is 0.654. The Bertz CT molecular complexity index is 1040. The number of aryl methyl sites for hydroxylation is 1. The standard InChI is InChI=1S/C22H25N5O4/c1-15-14-18(25-31-15)22(29)26-12-9-17(10-13-26)27-19(8-11-23-27)24-21(28)20(30-2)16-6-4-3-5-7-16/h3-8,11,14,17,20H,9-10,12-13H2,1-2H3,(H,24,28). The first-order valence-corrected chi connectivity index (χ1v) is 10.2. The van der Waals surface area contributed by atoms with Gasteiger partial charge in [0.25, 0.3) is 11.8 Å². The first kappa shape index (κ1) is 20.8. The van der Waals surface area contributed by atoms with Crippen molar-refractivity contribution in [2.45, 2.75) is 31.9 Å². The van der Waals surface area contributed by atoms with Crippen molar-refractivity contribution in [2.75, 3.05) is 25.5 Å². The molecule has 1 aliphatic rings. The number of rotatable bonds is 6. The van der Waals surface area contributed by atoms with E-state index in [0.717, 1.165) is 18.4 Å². The third-order valence-electron chi connectivity index (χ3n) is 5.44. The van der Waals surface area contributed by atoms with Crippen molar-refractivity contribution in [1.29, 1.82) is 0 Å². The molecule has 1 aliphatic heterocycles. The summed E-state index contributed by atoms with van der Waals surface area (Å²) < 4.78 is 12.2. The molecule has 1 fully saturated rings. The maximum atomic E-state index is 12.8. The van der Waals surface area contributed by atoms with E-state index in [2.05, 4.69) is 15.6 Å². The molecule has 2 aromatic heterocycles. The largest absolute Gasteiger partial charge is 0.367 e. The number of anilines is 1. The van der Waals surface area contributed by atoms with Crippen molar-refractivity contribution in [1.82, 2.24) is 19.8 Å². The first-order chi connectivity index (χ1) is 15.1. The van der Waals surface area contributed by atoms with Crippen molar-refractivity contribution in [2.24, 2.45) is 0 Å². The molecule has 31 heavy (non-hydrogen) atoms. The summed E-state index contributed by atoms with van der Waals surface area (Å²) in [6, 6.07) is 12.8. The average Bonchev–Trinajstić information content (AvgIpc) is 3.43. The summed E-state index contributed by atoms with van der Waals surface area (Å²) in [7, 11) is 1.51. The molecule has 2 amide bonds. The molecule has 162 valence electrons. The van der Waals surface area contributed by atoms with E-state index in [9.17, 15) is 9.59 Å². The van der Waals surface area contributed by atoms with Gasteiger partial charge in [0.2, 0.25) is 0 Å². The highest BCUT2D eigenvalue weighted by atomic mass is 16.5. The number of methoxy groups -OCH3 is 1. The zero-order valence-electron chi connectivity index (χ0n) is 17.5. The van der Waals surface area contributed by atoms with Gasteiger partial charge in [-0.3, -0.25) is 9.59 Å². The Hall–Kier alpha value is -3.46. The first-order valence-electron chi connectivity index (χ1n) is 10.2. The summed E-state index contributed by atoms with van der Waals surface area (Å²) in [5.74, 6) is 0.833. The highest BCUT2D eigenvalue weighted by molar-refractivity contribution is 5.94. The van der Waals surface area contributed by atoms with E-state index in [1.165, 1.54) is 7.11 Å². The van der Waals surface area contributed by atoms with Crippen LogP contribution in [0.3, 0.4) is 0 Å². The summed E-state index contributed by atoms with van der Waals surface area (Å²) in [5, 5.41) is 11.2. The number of carbonyl (C=O) groups excluding carboxylic acids is 2. The van der Waals surface area contributed by atoms with Crippen molar-refractivity contribution in [3.63, 3.8) is 0 Å². The van der Waals surface area contributed by atoms with Crippen molar-refractivity contribution in [3.05, 3.63) is 65.7 Å². The van der Waals surface area contributed by atoms with Crippen LogP contribution in [0.2, 0.25) is 0 Å². The van der Waals surface area contributed by atoms with Crippen LogP contribution in [-0.2, 0) is 9.53 Å². The molecule has 0 saturated carbocycles. The number of amides is 2. The van der Waals surface area contributed by atoms with Gasteiger partial charge in [-0.25, -0.2) is 4.68 Å². The molecule has 1 atom stereocenters. The molecular formula is C22H25N5O4. The van der Waals surface area contributed by atoms with E-state index in [-0.39, 0.29) is 17.9 Å². The van der Waals surface area contributed by atoms with Crippen LogP contribution in [0.1, 0.15) is 46.8 Å². The van der Waals surface area contributed by atoms with Crippen LogP contribution >= 0.6 is 0 Å². The van der Waals surface area contributed by atoms with Crippen molar-refractivity contribution in [3.8, 4) is 0 Å². The highest BCUT2D eigenvalue weighted by Crippen LogP contribution is 2.27. The Labute approximate surface area is 180 Å². The second kappa shape index (κ2) is 9.13. The van der Waals surface area contributed by atoms with Gasteiger partial charge >= 0.3 is 0 Å². The van der Waals surface area contributed by atoms with E-state index in [4.69, 9.17) is 9.26 Å². The fourth-order valence-electron chi connectivity index (χ4n) is 3.86. The lowest BCUT2D eigenvalue weighted by Crippen LogP contribution is -2.39. The smallest absolute Gasteiger partial charge is 0.276 e. The van der Waals surface area contributed by atoms with Gasteiger partial charge in [-0.2, -0.15) is 5.10 Å². The number of nitrogens with zero attached hydrogens (tertiary/aromatic N) is 4. The third kappa shape index (κ3) is 4.51. The molecule has 1 unspecified atom stereocenters. The summed E-state index contributed by atoms with van der Waals surface area (Å²) in [6.45, 7) is 2.91. The molecule has 3 aromatic rings. The van der Waals surface area contributed by atoms with Gasteiger partial charge in [-0.05, 0) is 25.3 Å². The molecular weight excluding hydrogens is 398 g/mol. The number of hydrogen-bond donors (Lipinski definition) is 1. The van der Waals surface area contributed by atoms with Gasteiger partial charge in [0.1, 0.15) is 11.6 Å². The fraction of sp³-hybridized carbons (Fsp3) is 0.364. The van der Waals surface area contributed by atoms with E-state index in [1.807, 2.05) is 35.0 Å². The summed E-state index contributed by atoms with van der Waals surface area (Å²) >= 11 is 0. The Morgan fingerprint density at radius 1 is 1.19 bits per heavy atom. The minimum absolute atomic E-state index is 0.0751.